The van der Waals surface area contributed by atoms with Crippen LogP contribution in [0.2, 0.25) is 0 Å². The molecule has 0 radical (unpaired) electrons. The zero-order chi connectivity index (χ0) is 14.8. The van der Waals surface area contributed by atoms with Gasteiger partial charge in [-0.05, 0) is 5.92 Å². The summed E-state index contributed by atoms with van der Waals surface area (Å²) >= 11 is 0. The summed E-state index contributed by atoms with van der Waals surface area (Å²) in [5.41, 5.74) is 0.0435. The first-order valence-electron chi connectivity index (χ1n) is 5.45. The Morgan fingerprint density at radius 1 is 1.47 bits per heavy atom. The van der Waals surface area contributed by atoms with Crippen molar-refractivity contribution in [1.82, 2.24) is 15.0 Å². The number of hydrogen-bond donors (Lipinski definition) is 1. The molecule has 1 unspecified atom stereocenters. The largest absolute Gasteiger partial charge is 0.464 e. The molecule has 6 nitrogen and oxygen atoms in total. The summed E-state index contributed by atoms with van der Waals surface area (Å²) in [5.74, 6) is -1.08. The number of rotatable bonds is 4. The number of esters is 1. The molecule has 0 aliphatic heterocycles. The molecular weight excluding hydrogens is 267 g/mol. The van der Waals surface area contributed by atoms with Gasteiger partial charge >= 0.3 is 12.1 Å². The van der Waals surface area contributed by atoms with E-state index in [1.165, 1.54) is 0 Å². The number of methoxy groups -OCH3 is 1. The fourth-order valence-corrected chi connectivity index (χ4v) is 1.54. The predicted molar refractivity (Wildman–Crippen MR) is 57.5 cm³/mol. The Morgan fingerprint density at radius 2 is 2.05 bits per heavy atom. The summed E-state index contributed by atoms with van der Waals surface area (Å²) in [6.45, 7) is 2.52. The van der Waals surface area contributed by atoms with Crippen molar-refractivity contribution in [3.63, 3.8) is 0 Å². The molecule has 1 N–H and O–H groups in total. The average Bonchev–Trinajstić information content (AvgIpc) is 2.70. The summed E-state index contributed by atoms with van der Waals surface area (Å²) < 4.78 is 42.2. The monoisotopic (exact) mass is 281 g/mol. The van der Waals surface area contributed by atoms with Gasteiger partial charge in [0.15, 0.2) is 11.8 Å². The van der Waals surface area contributed by atoms with Crippen molar-refractivity contribution >= 4 is 5.97 Å². The first-order chi connectivity index (χ1) is 8.68. The molecule has 1 atom stereocenters. The smallest absolute Gasteiger partial charge is 0.416 e. The van der Waals surface area contributed by atoms with Gasteiger partial charge in [0, 0.05) is 0 Å². The molecule has 0 spiro atoms. The number of alkyl halides is 3. The second-order valence-electron chi connectivity index (χ2n) is 4.21. The molecule has 108 valence electrons. The third-order valence-electron chi connectivity index (χ3n) is 2.42. The van der Waals surface area contributed by atoms with E-state index < -0.39 is 24.8 Å². The molecule has 1 aromatic rings. The molecule has 1 aromatic heterocycles. The third kappa shape index (κ3) is 3.43. The number of carbonyl (C=O) groups excluding carboxylic acids is 1. The van der Waals surface area contributed by atoms with Gasteiger partial charge in [0.2, 0.25) is 0 Å². The fourth-order valence-electron chi connectivity index (χ4n) is 1.54. The van der Waals surface area contributed by atoms with Gasteiger partial charge in [0.25, 0.3) is 0 Å². The second kappa shape index (κ2) is 5.55. The molecule has 0 fully saturated rings. The van der Waals surface area contributed by atoms with E-state index in [1.54, 1.807) is 13.8 Å². The maximum absolute atomic E-state index is 12.3. The zero-order valence-corrected chi connectivity index (χ0v) is 10.6. The number of nitrogens with zero attached hydrogens (tertiary/aromatic N) is 3. The lowest BCUT2D eigenvalue weighted by Gasteiger charge is -2.16. The Morgan fingerprint density at radius 3 is 2.47 bits per heavy atom. The molecule has 0 aliphatic rings. The lowest BCUT2D eigenvalue weighted by atomic mass is 10.1. The maximum atomic E-state index is 12.3. The van der Waals surface area contributed by atoms with Crippen LogP contribution in [0.1, 0.15) is 35.9 Å². The van der Waals surface area contributed by atoms with Crippen molar-refractivity contribution in [1.29, 1.82) is 0 Å². The molecule has 0 aliphatic carbocycles. The molecule has 1 rings (SSSR count). The van der Waals surface area contributed by atoms with Crippen LogP contribution >= 0.6 is 0 Å². The quantitative estimate of drug-likeness (QED) is 0.837. The number of aliphatic hydroxyl groups is 1. The maximum Gasteiger partial charge on any atom is 0.416 e. The van der Waals surface area contributed by atoms with Gasteiger partial charge in [-0.25, -0.2) is 9.48 Å². The van der Waals surface area contributed by atoms with E-state index in [0.717, 1.165) is 11.8 Å². The SMILES string of the molecule is COC(=O)c1nnn(CC(O)C(F)(F)F)c1C(C)C. The first-order valence-corrected chi connectivity index (χ1v) is 5.45. The van der Waals surface area contributed by atoms with Crippen molar-refractivity contribution in [2.24, 2.45) is 0 Å². The Kier molecular flexibility index (Phi) is 4.51. The van der Waals surface area contributed by atoms with Crippen molar-refractivity contribution in [3.8, 4) is 0 Å². The van der Waals surface area contributed by atoms with Crippen LogP contribution in [0, 0.1) is 0 Å². The van der Waals surface area contributed by atoms with E-state index in [0.29, 0.717) is 0 Å². The topological polar surface area (TPSA) is 77.2 Å². The number of halogens is 3. The van der Waals surface area contributed by atoms with Crippen LogP contribution in [0.15, 0.2) is 0 Å². The summed E-state index contributed by atoms with van der Waals surface area (Å²) in [5, 5.41) is 16.0. The van der Waals surface area contributed by atoms with Crippen LogP contribution < -0.4 is 0 Å². The second-order valence-corrected chi connectivity index (χ2v) is 4.21. The van der Waals surface area contributed by atoms with Crippen LogP contribution in [0.3, 0.4) is 0 Å². The molecule has 19 heavy (non-hydrogen) atoms. The van der Waals surface area contributed by atoms with Crippen molar-refractivity contribution in [2.45, 2.75) is 38.6 Å². The van der Waals surface area contributed by atoms with E-state index in [9.17, 15) is 18.0 Å². The molecule has 0 amide bonds. The van der Waals surface area contributed by atoms with Crippen LogP contribution in [0.25, 0.3) is 0 Å². The summed E-state index contributed by atoms with van der Waals surface area (Å²) in [6, 6.07) is 0. The summed E-state index contributed by atoms with van der Waals surface area (Å²) in [6.07, 6.45) is -7.33. The third-order valence-corrected chi connectivity index (χ3v) is 2.42. The van der Waals surface area contributed by atoms with Crippen LogP contribution in [-0.4, -0.2) is 45.5 Å². The van der Waals surface area contributed by atoms with Crippen molar-refractivity contribution < 1.29 is 27.8 Å². The minimum Gasteiger partial charge on any atom is -0.464 e. The van der Waals surface area contributed by atoms with Gasteiger partial charge in [-0.2, -0.15) is 13.2 Å². The minimum atomic E-state index is -4.76. The van der Waals surface area contributed by atoms with E-state index in [4.69, 9.17) is 5.11 Å². The number of aliphatic hydroxyl groups excluding tert-OH is 1. The van der Waals surface area contributed by atoms with Crippen LogP contribution in [-0.2, 0) is 11.3 Å². The average molecular weight is 281 g/mol. The number of ether oxygens (including phenoxy) is 1. The summed E-state index contributed by atoms with van der Waals surface area (Å²) in [4.78, 5) is 11.4. The first kappa shape index (κ1) is 15.4. The minimum absolute atomic E-state index is 0.146. The highest BCUT2D eigenvalue weighted by Crippen LogP contribution is 2.24. The van der Waals surface area contributed by atoms with Gasteiger partial charge in [0.1, 0.15) is 0 Å². The highest BCUT2D eigenvalue weighted by molar-refractivity contribution is 5.88. The Labute approximate surface area is 107 Å². The van der Waals surface area contributed by atoms with Crippen molar-refractivity contribution in [2.75, 3.05) is 7.11 Å². The molecule has 0 saturated carbocycles. The van der Waals surface area contributed by atoms with Gasteiger partial charge in [-0.3, -0.25) is 0 Å². The molecule has 0 saturated heterocycles. The molecule has 1 heterocycles. The predicted octanol–water partition coefficient (Wildman–Crippen LogP) is 1.11. The molecule has 0 bridgehead atoms. The fraction of sp³-hybridized carbons (Fsp3) is 0.700. The van der Waals surface area contributed by atoms with Gasteiger partial charge in [0.05, 0.1) is 19.3 Å². The van der Waals surface area contributed by atoms with Crippen molar-refractivity contribution in [3.05, 3.63) is 11.4 Å². The number of hydrogen-bond acceptors (Lipinski definition) is 5. The lowest BCUT2D eigenvalue weighted by molar-refractivity contribution is -0.208. The van der Waals surface area contributed by atoms with Gasteiger partial charge in [-0.1, -0.05) is 19.1 Å². The van der Waals surface area contributed by atoms with Gasteiger partial charge in [-0.15, -0.1) is 5.10 Å². The van der Waals surface area contributed by atoms with Crippen LogP contribution in [0.5, 0.6) is 0 Å². The molecule has 0 aromatic carbocycles. The highest BCUT2D eigenvalue weighted by Gasteiger charge is 2.39. The number of aromatic nitrogens is 3. The lowest BCUT2D eigenvalue weighted by Crippen LogP contribution is -2.33. The van der Waals surface area contributed by atoms with E-state index in [-0.39, 0.29) is 17.3 Å². The molecule has 9 heteroatoms. The summed E-state index contributed by atoms with van der Waals surface area (Å²) in [7, 11) is 1.13. The van der Waals surface area contributed by atoms with E-state index >= 15 is 0 Å². The Balaban J connectivity index is 3.09. The normalized spacial score (nSPS) is 13.7. The Bertz CT molecular complexity index is 457. The van der Waals surface area contributed by atoms with Gasteiger partial charge < -0.3 is 9.84 Å². The molecular formula is C10H14F3N3O3. The van der Waals surface area contributed by atoms with E-state index in [1.807, 2.05) is 0 Å². The van der Waals surface area contributed by atoms with E-state index in [2.05, 4.69) is 15.0 Å². The highest BCUT2D eigenvalue weighted by atomic mass is 19.4. The Hall–Kier alpha value is -1.64. The zero-order valence-electron chi connectivity index (χ0n) is 10.6. The standard InChI is InChI=1S/C10H14F3N3O3/c1-5(2)8-7(9(18)19-3)14-15-16(8)4-6(17)10(11,12)13/h5-6,17H,4H2,1-3H3. The number of carbonyl (C=O) groups is 1. The van der Waals surface area contributed by atoms with Crippen LogP contribution in [0.4, 0.5) is 13.2 Å².